The summed E-state index contributed by atoms with van der Waals surface area (Å²) in [5.41, 5.74) is 0.822. The second-order valence-electron chi connectivity index (χ2n) is 5.61. The van der Waals surface area contributed by atoms with E-state index in [0.717, 1.165) is 12.8 Å². The summed E-state index contributed by atoms with van der Waals surface area (Å²) in [4.78, 5) is 23.0. The highest BCUT2D eigenvalue weighted by Crippen LogP contribution is 2.27. The first-order valence-corrected chi connectivity index (χ1v) is 8.18. The van der Waals surface area contributed by atoms with E-state index in [1.165, 1.54) is 37.8 Å². The molecule has 0 atom stereocenters. The first-order chi connectivity index (χ1) is 10.1. The number of carboxylic acid groups (broad SMARTS) is 1. The summed E-state index contributed by atoms with van der Waals surface area (Å²) in [7, 11) is 0. The number of hydrogen-bond donors (Lipinski definition) is 2. The van der Waals surface area contributed by atoms with E-state index in [-0.39, 0.29) is 11.5 Å². The molecular formula is C16H20BrNO3. The number of carbonyl (C=O) groups excluding carboxylic acids is 1. The molecule has 0 spiro atoms. The fraction of sp³-hybridized carbons (Fsp3) is 0.500. The summed E-state index contributed by atoms with van der Waals surface area (Å²) >= 11 is 3.30. The Morgan fingerprint density at radius 3 is 2.43 bits per heavy atom. The van der Waals surface area contributed by atoms with Crippen LogP contribution in [-0.4, -0.2) is 17.0 Å². The molecule has 21 heavy (non-hydrogen) atoms. The normalized spacial score (nSPS) is 16.2. The monoisotopic (exact) mass is 353 g/mol. The average molecular weight is 354 g/mol. The maximum absolute atomic E-state index is 12.1. The topological polar surface area (TPSA) is 66.4 Å². The Bertz CT molecular complexity index is 522. The van der Waals surface area contributed by atoms with Gasteiger partial charge in [-0.05, 0) is 52.9 Å². The highest BCUT2D eigenvalue weighted by atomic mass is 79.9. The van der Waals surface area contributed by atoms with Gasteiger partial charge in [-0.15, -0.1) is 0 Å². The van der Waals surface area contributed by atoms with Gasteiger partial charge in [-0.3, -0.25) is 4.79 Å². The molecule has 1 aromatic carbocycles. The number of carbonyl (C=O) groups is 2. The average Bonchev–Trinajstić information content (AvgIpc) is 2.69. The highest BCUT2D eigenvalue weighted by Gasteiger charge is 2.17. The van der Waals surface area contributed by atoms with Gasteiger partial charge in [0.2, 0.25) is 5.91 Å². The van der Waals surface area contributed by atoms with Crippen molar-refractivity contribution in [2.75, 3.05) is 5.32 Å². The molecule has 2 rings (SSSR count). The molecule has 1 amide bonds. The van der Waals surface area contributed by atoms with Crippen molar-refractivity contribution in [1.29, 1.82) is 0 Å². The van der Waals surface area contributed by atoms with Gasteiger partial charge >= 0.3 is 5.97 Å². The van der Waals surface area contributed by atoms with Crippen LogP contribution in [-0.2, 0) is 4.79 Å². The van der Waals surface area contributed by atoms with Crippen molar-refractivity contribution in [3.05, 3.63) is 28.2 Å². The molecule has 4 nitrogen and oxygen atoms in total. The van der Waals surface area contributed by atoms with E-state index in [4.69, 9.17) is 5.11 Å². The van der Waals surface area contributed by atoms with Crippen LogP contribution in [0.15, 0.2) is 22.7 Å². The number of carboxylic acids is 1. The van der Waals surface area contributed by atoms with Gasteiger partial charge in [0.1, 0.15) is 0 Å². The summed E-state index contributed by atoms with van der Waals surface area (Å²) in [6.07, 6.45) is 7.80. The molecule has 2 N–H and O–H groups in total. The largest absolute Gasteiger partial charge is 0.478 e. The Kier molecular flexibility index (Phi) is 5.79. The first kappa shape index (κ1) is 16.0. The summed E-state index contributed by atoms with van der Waals surface area (Å²) in [5, 5.41) is 11.8. The number of hydrogen-bond acceptors (Lipinski definition) is 2. The molecule has 0 bridgehead atoms. The Morgan fingerprint density at radius 1 is 1.19 bits per heavy atom. The second-order valence-corrected chi connectivity index (χ2v) is 6.46. The van der Waals surface area contributed by atoms with Crippen LogP contribution in [0.4, 0.5) is 5.69 Å². The zero-order valence-corrected chi connectivity index (χ0v) is 13.5. The van der Waals surface area contributed by atoms with E-state index in [1.807, 2.05) is 0 Å². The molecule has 1 fully saturated rings. The number of halogens is 1. The van der Waals surface area contributed by atoms with Crippen molar-refractivity contribution < 1.29 is 14.7 Å². The minimum absolute atomic E-state index is 0.00525. The van der Waals surface area contributed by atoms with Crippen LogP contribution in [0.2, 0.25) is 0 Å². The van der Waals surface area contributed by atoms with Gasteiger partial charge in [-0.2, -0.15) is 0 Å². The summed E-state index contributed by atoms with van der Waals surface area (Å²) in [5.74, 6) is -0.498. The zero-order valence-electron chi connectivity index (χ0n) is 11.9. The number of benzene rings is 1. The SMILES string of the molecule is O=C(CC1CCCCCC1)Nc1ccc(C(=O)O)cc1Br. The molecule has 1 saturated carbocycles. The van der Waals surface area contributed by atoms with Crippen LogP contribution in [0.25, 0.3) is 0 Å². The minimum Gasteiger partial charge on any atom is -0.478 e. The smallest absolute Gasteiger partial charge is 0.335 e. The third-order valence-electron chi connectivity index (χ3n) is 3.94. The van der Waals surface area contributed by atoms with E-state index in [9.17, 15) is 9.59 Å². The van der Waals surface area contributed by atoms with Crippen LogP contribution < -0.4 is 5.32 Å². The molecule has 0 radical (unpaired) electrons. The maximum Gasteiger partial charge on any atom is 0.335 e. The lowest BCUT2D eigenvalue weighted by Crippen LogP contribution is -2.16. The van der Waals surface area contributed by atoms with E-state index in [2.05, 4.69) is 21.2 Å². The number of aromatic carboxylic acids is 1. The predicted octanol–water partition coefficient (Wildman–Crippen LogP) is 4.45. The lowest BCUT2D eigenvalue weighted by molar-refractivity contribution is -0.117. The molecule has 114 valence electrons. The van der Waals surface area contributed by atoms with Gasteiger partial charge in [0, 0.05) is 10.9 Å². The molecule has 1 aliphatic carbocycles. The van der Waals surface area contributed by atoms with Crippen LogP contribution in [0.1, 0.15) is 55.3 Å². The number of nitrogens with one attached hydrogen (secondary N) is 1. The molecule has 0 unspecified atom stereocenters. The number of anilines is 1. The van der Waals surface area contributed by atoms with Crippen LogP contribution in [0.3, 0.4) is 0 Å². The van der Waals surface area contributed by atoms with Crippen molar-refractivity contribution in [2.45, 2.75) is 44.9 Å². The van der Waals surface area contributed by atoms with E-state index in [0.29, 0.717) is 22.5 Å². The molecule has 0 saturated heterocycles. The summed E-state index contributed by atoms with van der Waals surface area (Å²) in [6.45, 7) is 0. The highest BCUT2D eigenvalue weighted by molar-refractivity contribution is 9.10. The van der Waals surface area contributed by atoms with Gasteiger partial charge < -0.3 is 10.4 Å². The number of amides is 1. The summed E-state index contributed by atoms with van der Waals surface area (Å²) < 4.78 is 0.594. The Labute approximate surface area is 133 Å². The Balaban J connectivity index is 1.94. The standard InChI is InChI=1S/C16H20BrNO3/c17-13-10-12(16(20)21)7-8-14(13)18-15(19)9-11-5-3-1-2-4-6-11/h7-8,10-11H,1-6,9H2,(H,18,19)(H,20,21). The maximum atomic E-state index is 12.1. The quantitative estimate of drug-likeness (QED) is 0.786. The molecule has 1 aromatic rings. The van der Waals surface area contributed by atoms with Gasteiger partial charge in [0.15, 0.2) is 0 Å². The van der Waals surface area contributed by atoms with Crippen molar-refractivity contribution in [2.24, 2.45) is 5.92 Å². The molecule has 1 aliphatic rings. The fourth-order valence-corrected chi connectivity index (χ4v) is 3.26. The Morgan fingerprint density at radius 2 is 1.86 bits per heavy atom. The van der Waals surface area contributed by atoms with E-state index in [1.54, 1.807) is 6.07 Å². The fourth-order valence-electron chi connectivity index (χ4n) is 2.78. The van der Waals surface area contributed by atoms with Crippen LogP contribution >= 0.6 is 15.9 Å². The molecular weight excluding hydrogens is 334 g/mol. The van der Waals surface area contributed by atoms with Crippen molar-refractivity contribution in [3.8, 4) is 0 Å². The summed E-state index contributed by atoms with van der Waals surface area (Å²) in [6, 6.07) is 4.62. The third kappa shape index (κ3) is 4.84. The minimum atomic E-state index is -0.980. The third-order valence-corrected chi connectivity index (χ3v) is 4.60. The van der Waals surface area contributed by atoms with Gasteiger partial charge in [-0.1, -0.05) is 25.7 Å². The van der Waals surface area contributed by atoms with Gasteiger partial charge in [-0.25, -0.2) is 4.79 Å². The second kappa shape index (κ2) is 7.59. The molecule has 0 aliphatic heterocycles. The van der Waals surface area contributed by atoms with Crippen molar-refractivity contribution >= 4 is 33.5 Å². The van der Waals surface area contributed by atoms with Crippen LogP contribution in [0.5, 0.6) is 0 Å². The van der Waals surface area contributed by atoms with E-state index >= 15 is 0 Å². The first-order valence-electron chi connectivity index (χ1n) is 7.39. The van der Waals surface area contributed by atoms with Crippen LogP contribution in [0, 0.1) is 5.92 Å². The lowest BCUT2D eigenvalue weighted by Gasteiger charge is -2.14. The van der Waals surface area contributed by atoms with E-state index < -0.39 is 5.97 Å². The van der Waals surface area contributed by atoms with Gasteiger partial charge in [0.25, 0.3) is 0 Å². The predicted molar refractivity (Wildman–Crippen MR) is 85.5 cm³/mol. The van der Waals surface area contributed by atoms with Gasteiger partial charge in [0.05, 0.1) is 11.3 Å². The molecule has 5 heteroatoms. The lowest BCUT2D eigenvalue weighted by atomic mass is 9.96. The Hall–Kier alpha value is -1.36. The molecule has 0 heterocycles. The number of rotatable bonds is 4. The van der Waals surface area contributed by atoms with Crippen molar-refractivity contribution in [1.82, 2.24) is 0 Å². The zero-order chi connectivity index (χ0) is 15.2. The van der Waals surface area contributed by atoms with Crippen molar-refractivity contribution in [3.63, 3.8) is 0 Å². The molecule has 0 aromatic heterocycles.